The molecule has 0 bridgehead atoms. The van der Waals surface area contributed by atoms with Crippen molar-refractivity contribution in [1.29, 1.82) is 0 Å². The molecule has 2 rings (SSSR count). The predicted octanol–water partition coefficient (Wildman–Crippen LogP) is -0.0270. The van der Waals surface area contributed by atoms with Gasteiger partial charge in [-0.1, -0.05) is 11.8 Å². The van der Waals surface area contributed by atoms with E-state index in [2.05, 4.69) is 20.6 Å². The zero-order valence-electron chi connectivity index (χ0n) is 8.04. The minimum absolute atomic E-state index is 0.0354. The molecule has 2 heterocycles. The van der Waals surface area contributed by atoms with Gasteiger partial charge in [0.1, 0.15) is 5.69 Å². The van der Waals surface area contributed by atoms with Crippen molar-refractivity contribution in [2.75, 3.05) is 5.75 Å². The fraction of sp³-hybridized carbons (Fsp3) is 0.250. The summed E-state index contributed by atoms with van der Waals surface area (Å²) in [5.41, 5.74) is 0.733. The van der Waals surface area contributed by atoms with Gasteiger partial charge in [-0.2, -0.15) is 10.2 Å². The zero-order valence-corrected chi connectivity index (χ0v) is 8.86. The van der Waals surface area contributed by atoms with Crippen LogP contribution in [-0.4, -0.2) is 32.8 Å². The van der Waals surface area contributed by atoms with E-state index in [0.717, 1.165) is 5.69 Å². The first-order valence-electron chi connectivity index (χ1n) is 4.27. The van der Waals surface area contributed by atoms with Crippen LogP contribution in [-0.2, 0) is 11.8 Å². The van der Waals surface area contributed by atoms with E-state index in [-0.39, 0.29) is 5.91 Å². The van der Waals surface area contributed by atoms with Crippen LogP contribution in [0.1, 0.15) is 5.69 Å². The Kier molecular flexibility index (Phi) is 2.82. The Morgan fingerprint density at radius 2 is 2.60 bits per heavy atom. The normalized spacial score (nSPS) is 19.0. The molecule has 15 heavy (non-hydrogen) atoms. The maximum Gasteiger partial charge on any atom is 0.236 e. The average molecular weight is 223 g/mol. The first kappa shape index (κ1) is 9.91. The summed E-state index contributed by atoms with van der Waals surface area (Å²) in [7, 11) is 1.83. The Balaban J connectivity index is 1.98. The lowest BCUT2D eigenvalue weighted by Gasteiger charge is -1.88. The summed E-state index contributed by atoms with van der Waals surface area (Å²) in [6.07, 6.45) is 3.36. The molecule has 0 atom stereocenters. The first-order valence-corrected chi connectivity index (χ1v) is 5.26. The van der Waals surface area contributed by atoms with Crippen molar-refractivity contribution in [2.45, 2.75) is 0 Å². The maximum atomic E-state index is 10.8. The molecule has 0 aromatic carbocycles. The number of hydrogen-bond acceptors (Lipinski definition) is 5. The van der Waals surface area contributed by atoms with Crippen molar-refractivity contribution in [2.24, 2.45) is 17.3 Å². The van der Waals surface area contributed by atoms with E-state index in [0.29, 0.717) is 10.9 Å². The molecule has 78 valence electrons. The number of carbonyl (C=O) groups excluding carboxylic acids is 1. The quantitative estimate of drug-likeness (QED) is 0.565. The molecule has 1 fully saturated rings. The van der Waals surface area contributed by atoms with Gasteiger partial charge in [-0.05, 0) is 6.07 Å². The van der Waals surface area contributed by atoms with Crippen molar-refractivity contribution in [3.63, 3.8) is 0 Å². The molecule has 1 aliphatic heterocycles. The first-order chi connectivity index (χ1) is 7.24. The van der Waals surface area contributed by atoms with Gasteiger partial charge in [-0.3, -0.25) is 9.48 Å². The molecule has 6 nitrogen and oxygen atoms in total. The van der Waals surface area contributed by atoms with E-state index in [1.165, 1.54) is 18.0 Å². The number of nitrogens with one attached hydrogen (secondary N) is 1. The van der Waals surface area contributed by atoms with E-state index >= 15 is 0 Å². The van der Waals surface area contributed by atoms with Gasteiger partial charge in [0.05, 0.1) is 12.0 Å². The number of hydrogen-bond donors (Lipinski definition) is 1. The Morgan fingerprint density at radius 3 is 3.20 bits per heavy atom. The molecule has 7 heteroatoms. The van der Waals surface area contributed by atoms with E-state index < -0.39 is 0 Å². The fourth-order valence-corrected chi connectivity index (χ4v) is 1.65. The van der Waals surface area contributed by atoms with Crippen molar-refractivity contribution in [3.8, 4) is 0 Å². The van der Waals surface area contributed by atoms with Crippen LogP contribution in [0.15, 0.2) is 22.5 Å². The zero-order chi connectivity index (χ0) is 10.7. The lowest BCUT2D eigenvalue weighted by molar-refractivity contribution is -0.116. The SMILES string of the molecule is Cn1ccc(C=N/N=C2/NC(=O)CS2)n1. The minimum Gasteiger partial charge on any atom is -0.303 e. The van der Waals surface area contributed by atoms with Gasteiger partial charge in [0, 0.05) is 13.2 Å². The van der Waals surface area contributed by atoms with Gasteiger partial charge in [-0.25, -0.2) is 0 Å². The molecule has 1 aliphatic rings. The van der Waals surface area contributed by atoms with Crippen LogP contribution in [0.2, 0.25) is 0 Å². The summed E-state index contributed by atoms with van der Waals surface area (Å²) in [5, 5.41) is 14.9. The molecular weight excluding hydrogens is 214 g/mol. The van der Waals surface area contributed by atoms with E-state index in [4.69, 9.17) is 0 Å². The smallest absolute Gasteiger partial charge is 0.236 e. The number of nitrogens with zero attached hydrogens (tertiary/aromatic N) is 4. The molecule has 0 unspecified atom stereocenters. The second kappa shape index (κ2) is 4.26. The number of aromatic nitrogens is 2. The van der Waals surface area contributed by atoms with Crippen LogP contribution < -0.4 is 5.32 Å². The number of aryl methyl sites for hydroxylation is 1. The third-order valence-corrected chi connectivity index (χ3v) is 2.52. The minimum atomic E-state index is -0.0354. The van der Waals surface area contributed by atoms with Crippen LogP contribution in [0.25, 0.3) is 0 Å². The second-order valence-electron chi connectivity index (χ2n) is 2.90. The van der Waals surface area contributed by atoms with Crippen molar-refractivity contribution >= 4 is 29.1 Å². The van der Waals surface area contributed by atoms with Crippen LogP contribution in [0.4, 0.5) is 0 Å². The van der Waals surface area contributed by atoms with Gasteiger partial charge < -0.3 is 5.32 Å². The molecule has 1 aromatic heterocycles. The molecule has 1 amide bonds. The summed E-state index contributed by atoms with van der Waals surface area (Å²) >= 11 is 1.34. The number of thioether (sulfide) groups is 1. The van der Waals surface area contributed by atoms with Crippen molar-refractivity contribution < 1.29 is 4.79 Å². The second-order valence-corrected chi connectivity index (χ2v) is 3.86. The predicted molar refractivity (Wildman–Crippen MR) is 58.8 cm³/mol. The van der Waals surface area contributed by atoms with Crippen LogP contribution in [0.5, 0.6) is 0 Å². The Morgan fingerprint density at radius 1 is 1.73 bits per heavy atom. The van der Waals surface area contributed by atoms with Gasteiger partial charge in [-0.15, -0.1) is 5.10 Å². The van der Waals surface area contributed by atoms with Crippen molar-refractivity contribution in [1.82, 2.24) is 15.1 Å². The lowest BCUT2D eigenvalue weighted by Crippen LogP contribution is -2.19. The molecular formula is C8H9N5OS. The highest BCUT2D eigenvalue weighted by Gasteiger charge is 2.15. The fourth-order valence-electron chi connectivity index (χ4n) is 1.02. The highest BCUT2D eigenvalue weighted by Crippen LogP contribution is 2.08. The Labute approximate surface area is 90.5 Å². The standard InChI is InChI=1S/C8H9N5OS/c1-13-3-2-6(12-13)4-9-11-8-10-7(14)5-15-8/h2-4H,5H2,1H3,(H,10,11,14). The molecule has 0 aliphatic carbocycles. The number of amidine groups is 1. The molecule has 1 aromatic rings. The molecule has 0 spiro atoms. The number of rotatable bonds is 2. The Hall–Kier alpha value is -1.63. The third-order valence-electron chi connectivity index (χ3n) is 1.66. The lowest BCUT2D eigenvalue weighted by atomic mass is 10.5. The highest BCUT2D eigenvalue weighted by molar-refractivity contribution is 8.15. The van der Waals surface area contributed by atoms with E-state index in [9.17, 15) is 4.79 Å². The summed E-state index contributed by atoms with van der Waals surface area (Å²) < 4.78 is 1.68. The largest absolute Gasteiger partial charge is 0.303 e. The van der Waals surface area contributed by atoms with Gasteiger partial charge >= 0.3 is 0 Å². The number of carbonyl (C=O) groups is 1. The summed E-state index contributed by atoms with van der Waals surface area (Å²) in [6.45, 7) is 0. The van der Waals surface area contributed by atoms with Crippen LogP contribution >= 0.6 is 11.8 Å². The third kappa shape index (κ3) is 2.66. The topological polar surface area (TPSA) is 71.6 Å². The monoisotopic (exact) mass is 223 g/mol. The van der Waals surface area contributed by atoms with Crippen LogP contribution in [0.3, 0.4) is 0 Å². The van der Waals surface area contributed by atoms with Gasteiger partial charge in [0.15, 0.2) is 5.17 Å². The van der Waals surface area contributed by atoms with Gasteiger partial charge in [0.2, 0.25) is 5.91 Å². The molecule has 1 N–H and O–H groups in total. The average Bonchev–Trinajstić information content (AvgIpc) is 2.76. The van der Waals surface area contributed by atoms with E-state index in [1.54, 1.807) is 4.68 Å². The molecule has 0 radical (unpaired) electrons. The van der Waals surface area contributed by atoms with Crippen molar-refractivity contribution in [3.05, 3.63) is 18.0 Å². The maximum absolute atomic E-state index is 10.8. The Bertz CT molecular complexity index is 436. The van der Waals surface area contributed by atoms with Crippen LogP contribution in [0, 0.1) is 0 Å². The molecule has 0 saturated carbocycles. The molecule has 1 saturated heterocycles. The summed E-state index contributed by atoms with van der Waals surface area (Å²) in [4.78, 5) is 10.8. The number of amides is 1. The summed E-state index contributed by atoms with van der Waals surface area (Å²) in [5.74, 6) is 0.379. The highest BCUT2D eigenvalue weighted by atomic mass is 32.2. The van der Waals surface area contributed by atoms with Gasteiger partial charge in [0.25, 0.3) is 0 Å². The summed E-state index contributed by atoms with van der Waals surface area (Å²) in [6, 6.07) is 1.82. The van der Waals surface area contributed by atoms with E-state index in [1.807, 2.05) is 19.3 Å².